The van der Waals surface area contributed by atoms with Gasteiger partial charge in [-0.15, -0.1) is 13.2 Å². The minimum Gasteiger partial charge on any atom is -0.463 e. The second kappa shape index (κ2) is 12.2. The van der Waals surface area contributed by atoms with Crippen LogP contribution in [0.3, 0.4) is 0 Å². The number of ether oxygens (including phenoxy) is 1. The van der Waals surface area contributed by atoms with Crippen molar-refractivity contribution in [2.24, 2.45) is 5.92 Å². The lowest BCUT2D eigenvalue weighted by molar-refractivity contribution is -0.146. The summed E-state index contributed by atoms with van der Waals surface area (Å²) in [5.41, 5.74) is -0.769. The van der Waals surface area contributed by atoms with Gasteiger partial charge in [-0.05, 0) is 33.6 Å². The minimum atomic E-state index is -0.769. The number of allylic oxidation sites excluding steroid dienone is 2. The van der Waals surface area contributed by atoms with Crippen molar-refractivity contribution in [2.45, 2.75) is 58.0 Å². The van der Waals surface area contributed by atoms with E-state index >= 15 is 0 Å². The Labute approximate surface area is 155 Å². The molecule has 2 amide bonds. The lowest BCUT2D eigenvalue weighted by atomic mass is 9.97. The first-order valence-electron chi connectivity index (χ1n) is 8.74. The third kappa shape index (κ3) is 10.7. The number of nitrogens with one attached hydrogen (secondary N) is 2. The average Bonchev–Trinajstić information content (AvgIpc) is 2.57. The van der Waals surface area contributed by atoms with Gasteiger partial charge < -0.3 is 20.5 Å². The molecule has 2 atom stereocenters. The molecule has 0 aliphatic carbocycles. The monoisotopic (exact) mass is 368 g/mol. The van der Waals surface area contributed by atoms with Crippen LogP contribution in [0.2, 0.25) is 0 Å². The largest absolute Gasteiger partial charge is 0.463 e. The van der Waals surface area contributed by atoms with E-state index < -0.39 is 11.5 Å². The molecule has 0 heterocycles. The quantitative estimate of drug-likeness (QED) is 0.337. The van der Waals surface area contributed by atoms with E-state index in [1.807, 2.05) is 0 Å². The standard InChI is InChI=1S/C19H32N2O5/c1-6-8-10-17(24)26-13-19(4,5)21-18(25)15(9-7-2)11-16(23)20-14(3)12-22/h6-7,14-15,22H,1-2,8-13H2,3-5H3,(H,20,23)(H,21,25). The molecule has 0 rings (SSSR count). The van der Waals surface area contributed by atoms with E-state index in [4.69, 9.17) is 9.84 Å². The third-order valence-electron chi connectivity index (χ3n) is 3.54. The molecule has 0 aromatic carbocycles. The van der Waals surface area contributed by atoms with Crippen LogP contribution in [0.15, 0.2) is 25.3 Å². The molecule has 0 aliphatic rings. The molecular weight excluding hydrogens is 336 g/mol. The lowest BCUT2D eigenvalue weighted by Gasteiger charge is -2.28. The van der Waals surface area contributed by atoms with Crippen LogP contribution in [-0.4, -0.2) is 47.7 Å². The van der Waals surface area contributed by atoms with Crippen LogP contribution in [0.1, 0.15) is 46.5 Å². The zero-order valence-corrected chi connectivity index (χ0v) is 16.0. The lowest BCUT2D eigenvalue weighted by Crippen LogP contribution is -2.50. The first-order chi connectivity index (χ1) is 12.1. The summed E-state index contributed by atoms with van der Waals surface area (Å²) >= 11 is 0. The van der Waals surface area contributed by atoms with Crippen molar-refractivity contribution in [3.63, 3.8) is 0 Å². The topological polar surface area (TPSA) is 105 Å². The molecule has 26 heavy (non-hydrogen) atoms. The fourth-order valence-electron chi connectivity index (χ4n) is 2.11. The van der Waals surface area contributed by atoms with E-state index in [-0.39, 0.29) is 49.9 Å². The number of amides is 2. The first kappa shape index (κ1) is 23.9. The van der Waals surface area contributed by atoms with E-state index in [0.29, 0.717) is 12.8 Å². The molecule has 2 unspecified atom stereocenters. The fraction of sp³-hybridized carbons (Fsp3) is 0.632. The van der Waals surface area contributed by atoms with Gasteiger partial charge in [0.05, 0.1) is 18.1 Å². The van der Waals surface area contributed by atoms with Gasteiger partial charge in [0.15, 0.2) is 0 Å². The van der Waals surface area contributed by atoms with Crippen molar-refractivity contribution in [1.29, 1.82) is 0 Å². The van der Waals surface area contributed by atoms with E-state index in [9.17, 15) is 14.4 Å². The highest BCUT2D eigenvalue weighted by Gasteiger charge is 2.28. The maximum absolute atomic E-state index is 12.5. The number of hydrogen-bond acceptors (Lipinski definition) is 5. The molecular formula is C19H32N2O5. The van der Waals surface area contributed by atoms with Crippen molar-refractivity contribution < 1.29 is 24.2 Å². The molecule has 148 valence electrons. The smallest absolute Gasteiger partial charge is 0.306 e. The molecule has 7 heteroatoms. The normalized spacial score (nSPS) is 13.2. The zero-order chi connectivity index (χ0) is 20.2. The van der Waals surface area contributed by atoms with E-state index in [1.165, 1.54) is 0 Å². The number of aliphatic hydroxyl groups excluding tert-OH is 1. The molecule has 0 aromatic rings. The van der Waals surface area contributed by atoms with Crippen molar-refractivity contribution in [2.75, 3.05) is 13.2 Å². The summed E-state index contributed by atoms with van der Waals surface area (Å²) in [6.07, 6.45) is 4.32. The second-order valence-corrected chi connectivity index (χ2v) is 6.94. The predicted molar refractivity (Wildman–Crippen MR) is 100 cm³/mol. The van der Waals surface area contributed by atoms with Gasteiger partial charge in [-0.2, -0.15) is 0 Å². The number of carbonyl (C=O) groups excluding carboxylic acids is 3. The highest BCUT2D eigenvalue weighted by molar-refractivity contribution is 5.86. The molecule has 0 fully saturated rings. The Bertz CT molecular complexity index is 502. The minimum absolute atomic E-state index is 0.0165. The Morgan fingerprint density at radius 2 is 1.88 bits per heavy atom. The highest BCUT2D eigenvalue weighted by Crippen LogP contribution is 2.13. The molecule has 0 saturated heterocycles. The van der Waals surface area contributed by atoms with E-state index in [1.54, 1.807) is 32.9 Å². The van der Waals surface area contributed by atoms with Crippen molar-refractivity contribution in [3.8, 4) is 0 Å². The van der Waals surface area contributed by atoms with Crippen LogP contribution < -0.4 is 10.6 Å². The third-order valence-corrected chi connectivity index (χ3v) is 3.54. The molecule has 0 aromatic heterocycles. The number of esters is 1. The molecule has 7 nitrogen and oxygen atoms in total. The Morgan fingerprint density at radius 1 is 1.23 bits per heavy atom. The maximum atomic E-state index is 12.5. The molecule has 0 radical (unpaired) electrons. The summed E-state index contributed by atoms with van der Waals surface area (Å²) in [7, 11) is 0. The Balaban J connectivity index is 4.66. The van der Waals surface area contributed by atoms with Crippen LogP contribution in [-0.2, 0) is 19.1 Å². The fourth-order valence-corrected chi connectivity index (χ4v) is 2.11. The molecule has 0 spiro atoms. The summed E-state index contributed by atoms with van der Waals surface area (Å²) in [5.74, 6) is -1.58. The number of rotatable bonds is 13. The summed E-state index contributed by atoms with van der Waals surface area (Å²) in [4.78, 5) is 36.1. The molecule has 0 saturated carbocycles. The highest BCUT2D eigenvalue weighted by atomic mass is 16.5. The van der Waals surface area contributed by atoms with Gasteiger partial charge in [-0.1, -0.05) is 12.2 Å². The Morgan fingerprint density at radius 3 is 2.42 bits per heavy atom. The van der Waals surface area contributed by atoms with Gasteiger partial charge >= 0.3 is 5.97 Å². The van der Waals surface area contributed by atoms with Gasteiger partial charge in [0, 0.05) is 18.9 Å². The summed E-state index contributed by atoms with van der Waals surface area (Å²) < 4.78 is 5.17. The SMILES string of the molecule is C=CCCC(=O)OCC(C)(C)NC(=O)C(CC=C)CC(=O)NC(C)CO. The van der Waals surface area contributed by atoms with Crippen LogP contribution in [0, 0.1) is 5.92 Å². The first-order valence-corrected chi connectivity index (χ1v) is 8.74. The molecule has 0 bridgehead atoms. The van der Waals surface area contributed by atoms with E-state index in [2.05, 4.69) is 23.8 Å². The van der Waals surface area contributed by atoms with Gasteiger partial charge in [-0.25, -0.2) is 0 Å². The molecule has 3 N–H and O–H groups in total. The van der Waals surface area contributed by atoms with Gasteiger partial charge in [0.1, 0.15) is 6.61 Å². The van der Waals surface area contributed by atoms with Crippen LogP contribution in [0.4, 0.5) is 0 Å². The van der Waals surface area contributed by atoms with Crippen LogP contribution in [0.25, 0.3) is 0 Å². The number of aliphatic hydroxyl groups is 1. The number of carbonyl (C=O) groups is 3. The van der Waals surface area contributed by atoms with E-state index in [0.717, 1.165) is 0 Å². The molecule has 0 aliphatic heterocycles. The van der Waals surface area contributed by atoms with Crippen molar-refractivity contribution >= 4 is 17.8 Å². The zero-order valence-electron chi connectivity index (χ0n) is 16.0. The number of hydrogen-bond donors (Lipinski definition) is 3. The summed E-state index contributed by atoms with van der Waals surface area (Å²) in [6, 6.07) is -0.374. The van der Waals surface area contributed by atoms with Gasteiger partial charge in [-0.3, -0.25) is 14.4 Å². The van der Waals surface area contributed by atoms with Crippen LogP contribution in [0.5, 0.6) is 0 Å². The summed E-state index contributed by atoms with van der Waals surface area (Å²) in [6.45, 7) is 12.2. The maximum Gasteiger partial charge on any atom is 0.306 e. The van der Waals surface area contributed by atoms with Crippen molar-refractivity contribution in [3.05, 3.63) is 25.3 Å². The van der Waals surface area contributed by atoms with Gasteiger partial charge in [0.25, 0.3) is 0 Å². The average molecular weight is 368 g/mol. The summed E-state index contributed by atoms with van der Waals surface area (Å²) in [5, 5.41) is 14.4. The Hall–Kier alpha value is -2.15. The van der Waals surface area contributed by atoms with Crippen LogP contribution >= 0.6 is 0 Å². The second-order valence-electron chi connectivity index (χ2n) is 6.94. The predicted octanol–water partition coefficient (Wildman–Crippen LogP) is 1.47. The van der Waals surface area contributed by atoms with Gasteiger partial charge in [0.2, 0.25) is 11.8 Å². The van der Waals surface area contributed by atoms with Crippen molar-refractivity contribution in [1.82, 2.24) is 10.6 Å². The Kier molecular flexibility index (Phi) is 11.2.